The summed E-state index contributed by atoms with van der Waals surface area (Å²) in [5, 5.41) is 4.14. The van der Waals surface area contributed by atoms with Crippen LogP contribution < -0.4 is 5.32 Å². The zero-order valence-corrected chi connectivity index (χ0v) is 12.6. The highest BCUT2D eigenvalue weighted by Crippen LogP contribution is 2.27. The van der Waals surface area contributed by atoms with Crippen molar-refractivity contribution in [3.63, 3.8) is 0 Å². The molecule has 0 spiro atoms. The lowest BCUT2D eigenvalue weighted by Gasteiger charge is -2.23. The Balaban J connectivity index is 1.97. The van der Waals surface area contributed by atoms with E-state index < -0.39 is 0 Å². The standard InChI is InChI=1S/C15H19Cl2NO/c1-10(12-7-8-13(16)14(17)9-12)18-15(19)11-5-3-2-4-6-11/h7-11H,2-6H2,1H3,(H,18,19)/t10-/m0/s1. The highest BCUT2D eigenvalue weighted by Gasteiger charge is 2.22. The number of hydrogen-bond acceptors (Lipinski definition) is 1. The maximum atomic E-state index is 12.2. The second-order valence-corrected chi connectivity index (χ2v) is 6.05. The van der Waals surface area contributed by atoms with Gasteiger partial charge in [-0.25, -0.2) is 0 Å². The Morgan fingerprint density at radius 2 is 1.89 bits per heavy atom. The fraction of sp³-hybridized carbons (Fsp3) is 0.533. The second kappa shape index (κ2) is 6.62. The Morgan fingerprint density at radius 3 is 2.53 bits per heavy atom. The van der Waals surface area contributed by atoms with Crippen molar-refractivity contribution in [3.8, 4) is 0 Å². The minimum absolute atomic E-state index is 0.0378. The van der Waals surface area contributed by atoms with Gasteiger partial charge in [-0.2, -0.15) is 0 Å². The summed E-state index contributed by atoms with van der Waals surface area (Å²) in [5.41, 5.74) is 0.985. The summed E-state index contributed by atoms with van der Waals surface area (Å²) in [6, 6.07) is 5.45. The molecule has 0 unspecified atom stereocenters. The summed E-state index contributed by atoms with van der Waals surface area (Å²) in [6.07, 6.45) is 5.62. The van der Waals surface area contributed by atoms with Gasteiger partial charge in [0.05, 0.1) is 16.1 Å². The predicted molar refractivity (Wildman–Crippen MR) is 79.6 cm³/mol. The van der Waals surface area contributed by atoms with Crippen LogP contribution in [-0.2, 0) is 4.79 Å². The van der Waals surface area contributed by atoms with Gasteiger partial charge in [0.25, 0.3) is 0 Å². The topological polar surface area (TPSA) is 29.1 Å². The molecule has 2 nitrogen and oxygen atoms in total. The molecule has 1 N–H and O–H groups in total. The van der Waals surface area contributed by atoms with Crippen LogP contribution in [-0.4, -0.2) is 5.91 Å². The van der Waals surface area contributed by atoms with E-state index in [4.69, 9.17) is 23.2 Å². The Hall–Kier alpha value is -0.730. The van der Waals surface area contributed by atoms with E-state index >= 15 is 0 Å². The second-order valence-electron chi connectivity index (χ2n) is 5.24. The van der Waals surface area contributed by atoms with Crippen LogP contribution in [0.3, 0.4) is 0 Å². The van der Waals surface area contributed by atoms with Gasteiger partial charge in [0, 0.05) is 5.92 Å². The number of carbonyl (C=O) groups is 1. The molecule has 19 heavy (non-hydrogen) atoms. The average Bonchev–Trinajstić information content (AvgIpc) is 2.42. The Morgan fingerprint density at radius 1 is 1.21 bits per heavy atom. The minimum atomic E-state index is -0.0378. The summed E-state index contributed by atoms with van der Waals surface area (Å²) >= 11 is 11.9. The lowest BCUT2D eigenvalue weighted by atomic mass is 9.88. The van der Waals surface area contributed by atoms with Gasteiger partial charge in [-0.15, -0.1) is 0 Å². The van der Waals surface area contributed by atoms with Crippen LogP contribution in [0.1, 0.15) is 50.6 Å². The minimum Gasteiger partial charge on any atom is -0.349 e. The molecule has 0 radical (unpaired) electrons. The third-order valence-electron chi connectivity index (χ3n) is 3.78. The fourth-order valence-corrected chi connectivity index (χ4v) is 2.87. The van der Waals surface area contributed by atoms with E-state index in [2.05, 4.69) is 5.32 Å². The number of hydrogen-bond donors (Lipinski definition) is 1. The number of nitrogens with one attached hydrogen (secondary N) is 1. The van der Waals surface area contributed by atoms with Gasteiger partial charge in [-0.1, -0.05) is 48.5 Å². The van der Waals surface area contributed by atoms with E-state index in [0.717, 1.165) is 18.4 Å². The molecular formula is C15H19Cl2NO. The lowest BCUT2D eigenvalue weighted by molar-refractivity contribution is -0.126. The van der Waals surface area contributed by atoms with Crippen molar-refractivity contribution >= 4 is 29.1 Å². The van der Waals surface area contributed by atoms with Crippen LogP contribution >= 0.6 is 23.2 Å². The molecule has 1 atom stereocenters. The fourth-order valence-electron chi connectivity index (χ4n) is 2.56. The van der Waals surface area contributed by atoms with Crippen molar-refractivity contribution < 1.29 is 4.79 Å². The van der Waals surface area contributed by atoms with Crippen molar-refractivity contribution in [2.24, 2.45) is 5.92 Å². The van der Waals surface area contributed by atoms with Crippen molar-refractivity contribution in [3.05, 3.63) is 33.8 Å². The SMILES string of the molecule is C[C@H](NC(=O)C1CCCCC1)c1ccc(Cl)c(Cl)c1. The normalized spacial score (nSPS) is 18.1. The summed E-state index contributed by atoms with van der Waals surface area (Å²) in [4.78, 5) is 12.2. The summed E-state index contributed by atoms with van der Waals surface area (Å²) < 4.78 is 0. The first-order chi connectivity index (χ1) is 9.08. The Bertz CT molecular complexity index is 455. The third kappa shape index (κ3) is 3.87. The van der Waals surface area contributed by atoms with E-state index in [1.807, 2.05) is 19.1 Å². The van der Waals surface area contributed by atoms with Crippen LogP contribution in [0.5, 0.6) is 0 Å². The van der Waals surface area contributed by atoms with E-state index in [9.17, 15) is 4.79 Å². The first kappa shape index (κ1) is 14.7. The highest BCUT2D eigenvalue weighted by atomic mass is 35.5. The van der Waals surface area contributed by atoms with E-state index in [1.54, 1.807) is 6.07 Å². The molecule has 1 aromatic carbocycles. The molecule has 0 saturated heterocycles. The van der Waals surface area contributed by atoms with Gasteiger partial charge in [0.15, 0.2) is 0 Å². The predicted octanol–water partition coefficient (Wildman–Crippen LogP) is 4.75. The molecule has 1 aliphatic carbocycles. The molecule has 4 heteroatoms. The first-order valence-electron chi connectivity index (χ1n) is 6.83. The molecule has 0 heterocycles. The number of halogens is 2. The molecule has 1 amide bonds. The zero-order chi connectivity index (χ0) is 13.8. The Kier molecular flexibility index (Phi) is 5.12. The number of benzene rings is 1. The molecule has 1 aromatic rings. The zero-order valence-electron chi connectivity index (χ0n) is 11.1. The van der Waals surface area contributed by atoms with Crippen LogP contribution in [0.4, 0.5) is 0 Å². The van der Waals surface area contributed by atoms with Crippen LogP contribution in [0.15, 0.2) is 18.2 Å². The Labute approximate surface area is 124 Å². The van der Waals surface area contributed by atoms with Gasteiger partial charge in [-0.3, -0.25) is 4.79 Å². The number of rotatable bonds is 3. The average molecular weight is 300 g/mol. The maximum Gasteiger partial charge on any atom is 0.223 e. The molecule has 1 saturated carbocycles. The lowest BCUT2D eigenvalue weighted by Crippen LogP contribution is -2.33. The molecule has 1 fully saturated rings. The van der Waals surface area contributed by atoms with Crippen molar-refractivity contribution in [2.45, 2.75) is 45.1 Å². The molecule has 104 valence electrons. The van der Waals surface area contributed by atoms with Crippen LogP contribution in [0.25, 0.3) is 0 Å². The van der Waals surface area contributed by atoms with Gasteiger partial charge in [-0.05, 0) is 37.5 Å². The summed E-state index contributed by atoms with van der Waals surface area (Å²) in [5.74, 6) is 0.345. The van der Waals surface area contributed by atoms with Gasteiger partial charge in [0.1, 0.15) is 0 Å². The molecule has 0 bridgehead atoms. The van der Waals surface area contributed by atoms with E-state index in [-0.39, 0.29) is 17.9 Å². The van der Waals surface area contributed by atoms with Gasteiger partial charge < -0.3 is 5.32 Å². The van der Waals surface area contributed by atoms with Crippen molar-refractivity contribution in [1.82, 2.24) is 5.32 Å². The van der Waals surface area contributed by atoms with Gasteiger partial charge >= 0.3 is 0 Å². The summed E-state index contributed by atoms with van der Waals surface area (Å²) in [6.45, 7) is 1.97. The number of carbonyl (C=O) groups excluding carboxylic acids is 1. The molecule has 1 aliphatic rings. The molecule has 0 aromatic heterocycles. The van der Waals surface area contributed by atoms with Crippen molar-refractivity contribution in [2.75, 3.05) is 0 Å². The van der Waals surface area contributed by atoms with E-state index in [0.29, 0.717) is 10.0 Å². The van der Waals surface area contributed by atoms with Crippen molar-refractivity contribution in [1.29, 1.82) is 0 Å². The quantitative estimate of drug-likeness (QED) is 0.857. The highest BCUT2D eigenvalue weighted by molar-refractivity contribution is 6.42. The maximum absolute atomic E-state index is 12.2. The molecule has 2 rings (SSSR count). The molecule has 0 aliphatic heterocycles. The monoisotopic (exact) mass is 299 g/mol. The first-order valence-corrected chi connectivity index (χ1v) is 7.59. The number of amides is 1. The largest absolute Gasteiger partial charge is 0.349 e. The smallest absolute Gasteiger partial charge is 0.223 e. The van der Waals surface area contributed by atoms with Gasteiger partial charge in [0.2, 0.25) is 5.91 Å². The van der Waals surface area contributed by atoms with Crippen LogP contribution in [0.2, 0.25) is 10.0 Å². The molecular weight excluding hydrogens is 281 g/mol. The van der Waals surface area contributed by atoms with Crippen LogP contribution in [0, 0.1) is 5.92 Å². The third-order valence-corrected chi connectivity index (χ3v) is 4.52. The summed E-state index contributed by atoms with van der Waals surface area (Å²) in [7, 11) is 0. The van der Waals surface area contributed by atoms with E-state index in [1.165, 1.54) is 19.3 Å².